The maximum atomic E-state index is 12.1. The molecular formula is C20H24N4O3. The Morgan fingerprint density at radius 2 is 1.96 bits per heavy atom. The lowest BCUT2D eigenvalue weighted by Crippen LogP contribution is -2.27. The van der Waals surface area contributed by atoms with Crippen LogP contribution in [0.15, 0.2) is 53.5 Å². The SMILES string of the molecule is Cc1ccccc1OCCCC(=O)NCCCn1nc2ccccn2c1=O. The van der Waals surface area contributed by atoms with E-state index in [1.165, 1.54) is 9.08 Å². The highest BCUT2D eigenvalue weighted by atomic mass is 16.5. The Morgan fingerprint density at radius 1 is 1.15 bits per heavy atom. The van der Waals surface area contributed by atoms with E-state index in [4.69, 9.17) is 4.74 Å². The topological polar surface area (TPSA) is 77.6 Å². The van der Waals surface area contributed by atoms with E-state index in [2.05, 4.69) is 10.4 Å². The van der Waals surface area contributed by atoms with E-state index in [0.29, 0.717) is 44.6 Å². The number of pyridine rings is 1. The van der Waals surface area contributed by atoms with Gasteiger partial charge < -0.3 is 10.1 Å². The number of fused-ring (bicyclic) bond motifs is 1. The van der Waals surface area contributed by atoms with Gasteiger partial charge in [-0.1, -0.05) is 24.3 Å². The van der Waals surface area contributed by atoms with E-state index in [9.17, 15) is 9.59 Å². The molecule has 142 valence electrons. The van der Waals surface area contributed by atoms with E-state index in [1.807, 2.05) is 37.3 Å². The van der Waals surface area contributed by atoms with Crippen LogP contribution in [0.4, 0.5) is 0 Å². The van der Waals surface area contributed by atoms with Crippen molar-refractivity contribution in [2.45, 2.75) is 32.7 Å². The summed E-state index contributed by atoms with van der Waals surface area (Å²) in [7, 11) is 0. The molecule has 1 amide bonds. The van der Waals surface area contributed by atoms with Gasteiger partial charge in [0, 0.05) is 25.7 Å². The Bertz CT molecular complexity index is 961. The highest BCUT2D eigenvalue weighted by molar-refractivity contribution is 5.75. The highest BCUT2D eigenvalue weighted by Crippen LogP contribution is 2.16. The molecule has 0 spiro atoms. The zero-order valence-corrected chi connectivity index (χ0v) is 15.4. The molecule has 0 bridgehead atoms. The summed E-state index contributed by atoms with van der Waals surface area (Å²) in [6.07, 6.45) is 3.42. The van der Waals surface area contributed by atoms with Gasteiger partial charge in [0.25, 0.3) is 0 Å². The molecule has 0 radical (unpaired) electrons. The van der Waals surface area contributed by atoms with Crippen molar-refractivity contribution in [2.75, 3.05) is 13.2 Å². The summed E-state index contributed by atoms with van der Waals surface area (Å²) < 4.78 is 8.62. The van der Waals surface area contributed by atoms with Crippen LogP contribution in [0.25, 0.3) is 5.65 Å². The number of hydrogen-bond donors (Lipinski definition) is 1. The van der Waals surface area contributed by atoms with E-state index in [0.717, 1.165) is 11.3 Å². The molecule has 7 nitrogen and oxygen atoms in total. The molecule has 27 heavy (non-hydrogen) atoms. The molecule has 1 N–H and O–H groups in total. The van der Waals surface area contributed by atoms with Crippen LogP contribution in [0.1, 0.15) is 24.8 Å². The number of aromatic nitrogens is 3. The van der Waals surface area contributed by atoms with Gasteiger partial charge in [0.1, 0.15) is 5.75 Å². The third kappa shape index (κ3) is 4.97. The summed E-state index contributed by atoms with van der Waals surface area (Å²) in [5, 5.41) is 7.14. The molecule has 0 aliphatic rings. The fourth-order valence-corrected chi connectivity index (χ4v) is 2.79. The van der Waals surface area contributed by atoms with Gasteiger partial charge >= 0.3 is 5.69 Å². The Morgan fingerprint density at radius 3 is 2.78 bits per heavy atom. The van der Waals surface area contributed by atoms with Gasteiger partial charge in [-0.15, -0.1) is 5.10 Å². The molecule has 0 atom stereocenters. The fourth-order valence-electron chi connectivity index (χ4n) is 2.79. The van der Waals surface area contributed by atoms with Gasteiger partial charge in [0.15, 0.2) is 5.65 Å². The lowest BCUT2D eigenvalue weighted by Gasteiger charge is -2.09. The van der Waals surface area contributed by atoms with Crippen molar-refractivity contribution in [3.63, 3.8) is 0 Å². The van der Waals surface area contributed by atoms with Crippen LogP contribution in [0.5, 0.6) is 5.75 Å². The normalized spacial score (nSPS) is 10.9. The minimum absolute atomic E-state index is 0.00858. The molecule has 0 fully saturated rings. The minimum Gasteiger partial charge on any atom is -0.493 e. The molecule has 2 aromatic heterocycles. The third-order valence-corrected chi connectivity index (χ3v) is 4.26. The van der Waals surface area contributed by atoms with Crippen molar-refractivity contribution in [3.05, 3.63) is 64.7 Å². The number of amides is 1. The molecule has 0 aliphatic heterocycles. The van der Waals surface area contributed by atoms with Crippen LogP contribution in [0.3, 0.4) is 0 Å². The average Bonchev–Trinajstić information content (AvgIpc) is 3.00. The van der Waals surface area contributed by atoms with Crippen molar-refractivity contribution in [2.24, 2.45) is 0 Å². The predicted molar refractivity (Wildman–Crippen MR) is 103 cm³/mol. The molecule has 1 aromatic carbocycles. The number of rotatable bonds is 9. The molecule has 7 heteroatoms. The molecule has 0 saturated carbocycles. The number of hydrogen-bond acceptors (Lipinski definition) is 4. The van der Waals surface area contributed by atoms with Crippen LogP contribution in [0, 0.1) is 6.92 Å². The van der Waals surface area contributed by atoms with E-state index < -0.39 is 0 Å². The van der Waals surface area contributed by atoms with E-state index in [-0.39, 0.29) is 11.6 Å². The molecule has 3 rings (SSSR count). The Hall–Kier alpha value is -3.09. The molecular weight excluding hydrogens is 344 g/mol. The number of benzene rings is 1. The van der Waals surface area contributed by atoms with Crippen molar-refractivity contribution >= 4 is 11.6 Å². The van der Waals surface area contributed by atoms with Crippen LogP contribution < -0.4 is 15.7 Å². The van der Waals surface area contributed by atoms with Gasteiger partial charge in [-0.2, -0.15) is 0 Å². The molecule has 3 aromatic rings. The summed E-state index contributed by atoms with van der Waals surface area (Å²) >= 11 is 0. The van der Waals surface area contributed by atoms with Crippen molar-refractivity contribution < 1.29 is 9.53 Å². The quantitative estimate of drug-likeness (QED) is 0.587. The first-order chi connectivity index (χ1) is 13.1. The van der Waals surface area contributed by atoms with E-state index in [1.54, 1.807) is 18.3 Å². The first-order valence-electron chi connectivity index (χ1n) is 9.14. The second-order valence-corrected chi connectivity index (χ2v) is 6.36. The van der Waals surface area contributed by atoms with Gasteiger partial charge in [0.2, 0.25) is 5.91 Å². The van der Waals surface area contributed by atoms with Gasteiger partial charge in [0.05, 0.1) is 6.61 Å². The van der Waals surface area contributed by atoms with Crippen LogP contribution >= 0.6 is 0 Å². The first kappa shape index (κ1) is 18.7. The molecule has 2 heterocycles. The Balaban J connectivity index is 1.33. The number of aryl methyl sites for hydroxylation is 2. The zero-order chi connectivity index (χ0) is 19.1. The Labute approximate surface area is 157 Å². The summed E-state index contributed by atoms with van der Waals surface area (Å²) in [6, 6.07) is 13.3. The number of nitrogens with one attached hydrogen (secondary N) is 1. The van der Waals surface area contributed by atoms with Gasteiger partial charge in [-0.3, -0.25) is 9.20 Å². The third-order valence-electron chi connectivity index (χ3n) is 4.26. The van der Waals surface area contributed by atoms with Crippen molar-refractivity contribution in [3.8, 4) is 5.75 Å². The number of carbonyl (C=O) groups excluding carboxylic acids is 1. The number of carbonyl (C=O) groups is 1. The smallest absolute Gasteiger partial charge is 0.350 e. The molecule has 0 saturated heterocycles. The highest BCUT2D eigenvalue weighted by Gasteiger charge is 2.06. The monoisotopic (exact) mass is 368 g/mol. The largest absolute Gasteiger partial charge is 0.493 e. The lowest BCUT2D eigenvalue weighted by atomic mass is 10.2. The minimum atomic E-state index is -0.162. The number of nitrogens with zero attached hydrogens (tertiary/aromatic N) is 3. The van der Waals surface area contributed by atoms with Gasteiger partial charge in [-0.05, 0) is 43.5 Å². The number of para-hydroxylation sites is 1. The van der Waals surface area contributed by atoms with Crippen molar-refractivity contribution in [1.29, 1.82) is 0 Å². The maximum Gasteiger partial charge on any atom is 0.350 e. The lowest BCUT2D eigenvalue weighted by molar-refractivity contribution is -0.121. The summed E-state index contributed by atoms with van der Waals surface area (Å²) in [4.78, 5) is 24.0. The predicted octanol–water partition coefficient (Wildman–Crippen LogP) is 2.17. The first-order valence-corrected chi connectivity index (χ1v) is 9.14. The summed E-state index contributed by atoms with van der Waals surface area (Å²) in [5.74, 6) is 0.849. The molecule has 0 aliphatic carbocycles. The fraction of sp³-hybridized carbons (Fsp3) is 0.350. The number of ether oxygens (including phenoxy) is 1. The van der Waals surface area contributed by atoms with Crippen LogP contribution in [0.2, 0.25) is 0 Å². The van der Waals surface area contributed by atoms with Crippen molar-refractivity contribution in [1.82, 2.24) is 19.5 Å². The zero-order valence-electron chi connectivity index (χ0n) is 15.4. The summed E-state index contributed by atoms with van der Waals surface area (Å²) in [6.45, 7) is 3.49. The standard InChI is InChI=1S/C20H24N4O3/c1-16-8-2-3-9-17(16)27-15-6-11-19(25)21-12-7-14-24-20(26)23-13-5-4-10-18(23)22-24/h2-5,8-10,13H,6-7,11-12,14-15H2,1H3,(H,21,25). The second-order valence-electron chi connectivity index (χ2n) is 6.36. The van der Waals surface area contributed by atoms with Crippen LogP contribution in [-0.2, 0) is 11.3 Å². The van der Waals surface area contributed by atoms with Gasteiger partial charge in [-0.25, -0.2) is 9.48 Å². The van der Waals surface area contributed by atoms with Crippen LogP contribution in [-0.4, -0.2) is 33.2 Å². The Kier molecular flexibility index (Phi) is 6.25. The summed E-state index contributed by atoms with van der Waals surface area (Å²) in [5.41, 5.74) is 1.55. The molecule has 0 unspecified atom stereocenters. The maximum absolute atomic E-state index is 12.1. The van der Waals surface area contributed by atoms with E-state index >= 15 is 0 Å². The second kappa shape index (κ2) is 9.02. The average molecular weight is 368 g/mol.